The smallest absolute Gasteiger partial charge is 0.227 e. The molecule has 0 spiro atoms. The number of hydrogen-bond donors (Lipinski definition) is 3. The minimum Gasteiger partial charge on any atom is -0.324 e. The van der Waals surface area contributed by atoms with Gasteiger partial charge in [-0.2, -0.15) is 0 Å². The highest BCUT2D eigenvalue weighted by atomic mass is 35.5. The Hall–Kier alpha value is -2.51. The number of rotatable bonds is 7. The maximum atomic E-state index is 6.42. The number of benzene rings is 2. The van der Waals surface area contributed by atoms with Gasteiger partial charge in [0.25, 0.3) is 0 Å². The molecule has 4 rings (SSSR count). The van der Waals surface area contributed by atoms with Gasteiger partial charge in [0.05, 0.1) is 16.9 Å². The molecule has 2 atom stereocenters. The molecule has 3 aromatic rings. The molecule has 1 saturated heterocycles. The van der Waals surface area contributed by atoms with Crippen molar-refractivity contribution in [1.82, 2.24) is 20.2 Å². The van der Waals surface area contributed by atoms with E-state index in [-0.39, 0.29) is 0 Å². The van der Waals surface area contributed by atoms with Crippen molar-refractivity contribution in [3.05, 3.63) is 70.9 Å². The van der Waals surface area contributed by atoms with Crippen LogP contribution in [0.15, 0.2) is 54.7 Å². The van der Waals surface area contributed by atoms with Crippen molar-refractivity contribution in [2.24, 2.45) is 5.73 Å². The van der Waals surface area contributed by atoms with Gasteiger partial charge in [-0.3, -0.25) is 4.90 Å². The molecule has 0 aliphatic carbocycles. The Morgan fingerprint density at radius 3 is 2.32 bits per heavy atom. The van der Waals surface area contributed by atoms with Gasteiger partial charge in [0.15, 0.2) is 0 Å². The molecule has 2 unspecified atom stereocenters. The molecule has 0 bridgehead atoms. The van der Waals surface area contributed by atoms with E-state index in [9.17, 15) is 0 Å². The fourth-order valence-electron chi connectivity index (χ4n) is 4.48. The number of hydrogen-bond acceptors (Lipinski definition) is 6. The predicted octanol–water partition coefficient (Wildman–Crippen LogP) is 4.96. The molecular weight excluding hydrogens is 444 g/mol. The van der Waals surface area contributed by atoms with Crippen molar-refractivity contribution >= 4 is 23.2 Å². The van der Waals surface area contributed by atoms with E-state index >= 15 is 0 Å². The van der Waals surface area contributed by atoms with Crippen LogP contribution in [-0.4, -0.2) is 46.6 Å². The third-order valence-electron chi connectivity index (χ3n) is 6.21. The number of halogens is 1. The van der Waals surface area contributed by atoms with Gasteiger partial charge in [0, 0.05) is 48.5 Å². The van der Waals surface area contributed by atoms with Crippen LogP contribution in [-0.2, 0) is 12.0 Å². The Kier molecular flexibility index (Phi) is 7.53. The Morgan fingerprint density at radius 2 is 1.71 bits per heavy atom. The Balaban J connectivity index is 1.40. The highest BCUT2D eigenvalue weighted by Crippen LogP contribution is 2.29. The summed E-state index contributed by atoms with van der Waals surface area (Å²) in [6.45, 7) is 11.8. The van der Waals surface area contributed by atoms with Crippen molar-refractivity contribution in [2.75, 3.05) is 25.0 Å². The first kappa shape index (κ1) is 24.6. The van der Waals surface area contributed by atoms with E-state index in [2.05, 4.69) is 63.6 Å². The van der Waals surface area contributed by atoms with Crippen LogP contribution in [0.1, 0.15) is 38.8 Å². The summed E-state index contributed by atoms with van der Waals surface area (Å²) in [6, 6.07) is 17.6. The lowest BCUT2D eigenvalue weighted by Gasteiger charge is -2.36. The van der Waals surface area contributed by atoms with E-state index in [1.54, 1.807) is 6.20 Å². The standard InChI is InChI=1S/C27H35ClN6/c1-18-16-34(17-19(2)31-18)14-13-20-5-11-23(12-6-20)32-26-30-15-24(28)25(33-26)21-7-9-22(10-8-21)27(3,4)29/h5-12,15,18-19,31H,13-14,16-17,29H2,1-4H3,(H,30,32,33). The average molecular weight is 479 g/mol. The first-order valence-corrected chi connectivity index (χ1v) is 12.3. The first-order valence-electron chi connectivity index (χ1n) is 11.9. The van der Waals surface area contributed by atoms with Gasteiger partial charge in [0.2, 0.25) is 5.95 Å². The van der Waals surface area contributed by atoms with Gasteiger partial charge in [-0.05, 0) is 57.4 Å². The number of aromatic nitrogens is 2. The number of nitrogens with zero attached hydrogens (tertiary/aromatic N) is 3. The van der Waals surface area contributed by atoms with Gasteiger partial charge >= 0.3 is 0 Å². The summed E-state index contributed by atoms with van der Waals surface area (Å²) in [6.07, 6.45) is 2.67. The zero-order valence-corrected chi connectivity index (χ0v) is 21.2. The Labute approximate surface area is 207 Å². The number of anilines is 2. The first-order chi connectivity index (χ1) is 16.2. The zero-order valence-electron chi connectivity index (χ0n) is 20.5. The third-order valence-corrected chi connectivity index (χ3v) is 6.48. The Bertz CT molecular complexity index is 1080. The molecule has 6 nitrogen and oxygen atoms in total. The fraction of sp³-hybridized carbons (Fsp3) is 0.407. The maximum absolute atomic E-state index is 6.42. The highest BCUT2D eigenvalue weighted by Gasteiger charge is 2.20. The lowest BCUT2D eigenvalue weighted by molar-refractivity contribution is 0.175. The molecule has 180 valence electrons. The van der Waals surface area contributed by atoms with Gasteiger partial charge in [-0.25, -0.2) is 9.97 Å². The van der Waals surface area contributed by atoms with E-state index in [1.165, 1.54) is 5.56 Å². The number of nitrogens with two attached hydrogens (primary N) is 1. The van der Waals surface area contributed by atoms with Crippen LogP contribution in [0.5, 0.6) is 0 Å². The monoisotopic (exact) mass is 478 g/mol. The molecule has 0 saturated carbocycles. The van der Waals surface area contributed by atoms with Crippen molar-refractivity contribution in [3.63, 3.8) is 0 Å². The average Bonchev–Trinajstić information content (AvgIpc) is 2.79. The van der Waals surface area contributed by atoms with Crippen LogP contribution >= 0.6 is 11.6 Å². The SMILES string of the molecule is CC1CN(CCc2ccc(Nc3ncc(Cl)c(-c4ccc(C(C)(C)N)cc4)n3)cc2)CC(C)N1. The second-order valence-corrected chi connectivity index (χ2v) is 10.4. The summed E-state index contributed by atoms with van der Waals surface area (Å²) in [4.78, 5) is 11.6. The van der Waals surface area contributed by atoms with Gasteiger partial charge in [-0.1, -0.05) is 48.0 Å². The second-order valence-electron chi connectivity index (χ2n) is 9.99. The molecule has 0 radical (unpaired) electrons. The number of nitrogens with one attached hydrogen (secondary N) is 2. The Morgan fingerprint density at radius 1 is 1.06 bits per heavy atom. The van der Waals surface area contributed by atoms with E-state index in [0.717, 1.165) is 42.9 Å². The van der Waals surface area contributed by atoms with E-state index in [4.69, 9.17) is 17.3 Å². The van der Waals surface area contributed by atoms with E-state index in [1.807, 2.05) is 38.1 Å². The molecule has 1 aromatic heterocycles. The van der Waals surface area contributed by atoms with Crippen molar-refractivity contribution < 1.29 is 0 Å². The largest absolute Gasteiger partial charge is 0.324 e. The molecule has 4 N–H and O–H groups in total. The molecule has 7 heteroatoms. The van der Waals surface area contributed by atoms with Crippen LogP contribution in [0.4, 0.5) is 11.6 Å². The summed E-state index contributed by atoms with van der Waals surface area (Å²) in [5, 5.41) is 7.40. The zero-order chi connectivity index (χ0) is 24.3. The summed E-state index contributed by atoms with van der Waals surface area (Å²) in [5.41, 5.74) is 10.7. The fourth-order valence-corrected chi connectivity index (χ4v) is 4.68. The molecule has 34 heavy (non-hydrogen) atoms. The second kappa shape index (κ2) is 10.4. The van der Waals surface area contributed by atoms with E-state index < -0.39 is 5.54 Å². The lowest BCUT2D eigenvalue weighted by atomic mass is 9.94. The summed E-state index contributed by atoms with van der Waals surface area (Å²) in [7, 11) is 0. The minimum atomic E-state index is -0.394. The van der Waals surface area contributed by atoms with Gasteiger partial charge < -0.3 is 16.4 Å². The molecule has 2 aromatic carbocycles. The molecule has 1 fully saturated rings. The summed E-state index contributed by atoms with van der Waals surface area (Å²) in [5.74, 6) is 0.513. The summed E-state index contributed by atoms with van der Waals surface area (Å²) >= 11 is 6.42. The normalized spacial score (nSPS) is 19.2. The third kappa shape index (κ3) is 6.33. The van der Waals surface area contributed by atoms with Crippen molar-refractivity contribution in [1.29, 1.82) is 0 Å². The van der Waals surface area contributed by atoms with Crippen LogP contribution in [0.3, 0.4) is 0 Å². The molecule has 1 aliphatic rings. The maximum Gasteiger partial charge on any atom is 0.227 e. The highest BCUT2D eigenvalue weighted by molar-refractivity contribution is 6.32. The molecule has 0 amide bonds. The van der Waals surface area contributed by atoms with Gasteiger partial charge in [0.1, 0.15) is 0 Å². The van der Waals surface area contributed by atoms with Crippen LogP contribution in [0, 0.1) is 0 Å². The van der Waals surface area contributed by atoms with Crippen molar-refractivity contribution in [3.8, 4) is 11.3 Å². The molecular formula is C27H35ClN6. The predicted molar refractivity (Wildman–Crippen MR) is 142 cm³/mol. The van der Waals surface area contributed by atoms with Crippen molar-refractivity contribution in [2.45, 2.75) is 51.7 Å². The molecule has 2 heterocycles. The van der Waals surface area contributed by atoms with Crippen LogP contribution in [0.25, 0.3) is 11.3 Å². The lowest BCUT2D eigenvalue weighted by Crippen LogP contribution is -2.54. The summed E-state index contributed by atoms with van der Waals surface area (Å²) < 4.78 is 0. The number of piperazine rings is 1. The minimum absolute atomic E-state index is 0.394. The quantitative estimate of drug-likeness (QED) is 0.445. The molecule has 1 aliphatic heterocycles. The van der Waals surface area contributed by atoms with Crippen LogP contribution < -0.4 is 16.4 Å². The van der Waals surface area contributed by atoms with Gasteiger partial charge in [-0.15, -0.1) is 0 Å². The van der Waals surface area contributed by atoms with E-state index in [0.29, 0.717) is 28.7 Å². The van der Waals surface area contributed by atoms with Crippen LogP contribution in [0.2, 0.25) is 5.02 Å². The topological polar surface area (TPSA) is 79.1 Å².